The van der Waals surface area contributed by atoms with Gasteiger partial charge in [-0.25, -0.2) is 0 Å². The molecule has 106 valence electrons. The molecule has 1 aromatic heterocycles. The van der Waals surface area contributed by atoms with Crippen molar-refractivity contribution in [3.05, 3.63) is 53.3 Å². The number of hydrogen-bond acceptors (Lipinski definition) is 2. The molecule has 0 saturated carbocycles. The van der Waals surface area contributed by atoms with E-state index in [-0.39, 0.29) is 5.54 Å². The molecule has 3 nitrogen and oxygen atoms in total. The zero-order valence-corrected chi connectivity index (χ0v) is 12.2. The number of aromatic nitrogens is 2. The fraction of sp³-hybridized carbons (Fsp3) is 0.471. The van der Waals surface area contributed by atoms with Crippen LogP contribution in [0.25, 0.3) is 0 Å². The van der Waals surface area contributed by atoms with E-state index in [9.17, 15) is 0 Å². The van der Waals surface area contributed by atoms with Gasteiger partial charge >= 0.3 is 0 Å². The molecule has 1 unspecified atom stereocenters. The summed E-state index contributed by atoms with van der Waals surface area (Å²) in [6.07, 6.45) is 10.8. The number of hydrogen-bond donors (Lipinski definition) is 1. The smallest absolute Gasteiger partial charge is 0.0521 e. The summed E-state index contributed by atoms with van der Waals surface area (Å²) >= 11 is 0. The van der Waals surface area contributed by atoms with E-state index in [1.165, 1.54) is 36.0 Å². The Morgan fingerprint density at radius 2 is 2.15 bits per heavy atom. The number of nitrogens with zero attached hydrogens (tertiary/aromatic N) is 2. The molecule has 1 aliphatic rings. The first kappa shape index (κ1) is 13.4. The predicted molar refractivity (Wildman–Crippen MR) is 81.4 cm³/mol. The maximum atomic E-state index is 6.80. The Bertz CT molecular complexity index is 587. The molecule has 1 atom stereocenters. The first-order valence-electron chi connectivity index (χ1n) is 7.52. The standard InChI is InChI=1S/C17H23N3/c1-20-13-14(12-19-20)9-11-17(18)10-5-4-7-15-6-2-3-8-16(15)17/h2-3,6,8,12-13H,4-5,7,9-11,18H2,1H3. The fourth-order valence-corrected chi connectivity index (χ4v) is 3.34. The quantitative estimate of drug-likeness (QED) is 0.871. The number of fused-ring (bicyclic) bond motifs is 1. The van der Waals surface area contributed by atoms with Gasteiger partial charge < -0.3 is 5.73 Å². The third kappa shape index (κ3) is 2.63. The molecule has 0 radical (unpaired) electrons. The van der Waals surface area contributed by atoms with Crippen LogP contribution in [0.3, 0.4) is 0 Å². The minimum atomic E-state index is -0.178. The van der Waals surface area contributed by atoms with Gasteiger partial charge in [0, 0.05) is 18.8 Å². The van der Waals surface area contributed by atoms with Crippen LogP contribution in [-0.2, 0) is 25.4 Å². The molecule has 3 rings (SSSR count). The lowest BCUT2D eigenvalue weighted by Crippen LogP contribution is -2.37. The minimum Gasteiger partial charge on any atom is -0.321 e. The van der Waals surface area contributed by atoms with Gasteiger partial charge in [0.2, 0.25) is 0 Å². The summed E-state index contributed by atoms with van der Waals surface area (Å²) in [5, 5.41) is 4.24. The normalized spacial score (nSPS) is 22.3. The van der Waals surface area contributed by atoms with Crippen LogP contribution in [0.5, 0.6) is 0 Å². The third-order valence-corrected chi connectivity index (χ3v) is 4.49. The summed E-state index contributed by atoms with van der Waals surface area (Å²) in [5.41, 5.74) is 10.7. The molecule has 0 aliphatic heterocycles. The summed E-state index contributed by atoms with van der Waals surface area (Å²) in [5.74, 6) is 0. The van der Waals surface area contributed by atoms with Crippen molar-refractivity contribution < 1.29 is 0 Å². The summed E-state index contributed by atoms with van der Waals surface area (Å²) in [6, 6.07) is 8.72. The van der Waals surface area contributed by atoms with Crippen molar-refractivity contribution in [3.8, 4) is 0 Å². The Morgan fingerprint density at radius 3 is 2.95 bits per heavy atom. The zero-order chi connectivity index (χ0) is 14.0. The van der Waals surface area contributed by atoms with Gasteiger partial charge in [0.1, 0.15) is 0 Å². The van der Waals surface area contributed by atoms with Crippen LogP contribution in [0, 0.1) is 0 Å². The molecule has 0 fully saturated rings. The third-order valence-electron chi connectivity index (χ3n) is 4.49. The van der Waals surface area contributed by atoms with E-state index in [0.717, 1.165) is 19.3 Å². The van der Waals surface area contributed by atoms with E-state index in [1.54, 1.807) is 0 Å². The second-order valence-corrected chi connectivity index (χ2v) is 6.04. The number of aryl methyl sites for hydroxylation is 3. The molecule has 3 heteroatoms. The van der Waals surface area contributed by atoms with Crippen molar-refractivity contribution in [1.29, 1.82) is 0 Å². The van der Waals surface area contributed by atoms with Crippen LogP contribution >= 0.6 is 0 Å². The van der Waals surface area contributed by atoms with Crippen LogP contribution in [0.2, 0.25) is 0 Å². The highest BCUT2D eigenvalue weighted by molar-refractivity contribution is 5.35. The van der Waals surface area contributed by atoms with Gasteiger partial charge in [-0.2, -0.15) is 5.10 Å². The van der Waals surface area contributed by atoms with Crippen LogP contribution < -0.4 is 5.73 Å². The lowest BCUT2D eigenvalue weighted by Gasteiger charge is -2.30. The summed E-state index contributed by atoms with van der Waals surface area (Å²) in [7, 11) is 1.96. The molecule has 1 aliphatic carbocycles. The lowest BCUT2D eigenvalue weighted by molar-refractivity contribution is 0.372. The second kappa shape index (κ2) is 5.41. The van der Waals surface area contributed by atoms with Crippen molar-refractivity contribution in [3.63, 3.8) is 0 Å². The van der Waals surface area contributed by atoms with E-state index in [0.29, 0.717) is 0 Å². The van der Waals surface area contributed by atoms with Crippen molar-refractivity contribution >= 4 is 0 Å². The Labute approximate surface area is 120 Å². The topological polar surface area (TPSA) is 43.8 Å². The number of nitrogens with two attached hydrogens (primary N) is 1. The fourth-order valence-electron chi connectivity index (χ4n) is 3.34. The maximum Gasteiger partial charge on any atom is 0.0521 e. The zero-order valence-electron chi connectivity index (χ0n) is 12.2. The van der Waals surface area contributed by atoms with Gasteiger partial charge in [-0.15, -0.1) is 0 Å². The summed E-state index contributed by atoms with van der Waals surface area (Å²) < 4.78 is 1.86. The average Bonchev–Trinajstić information content (AvgIpc) is 2.80. The summed E-state index contributed by atoms with van der Waals surface area (Å²) in [6.45, 7) is 0. The van der Waals surface area contributed by atoms with Crippen LogP contribution in [0.4, 0.5) is 0 Å². The first-order chi connectivity index (χ1) is 9.67. The molecule has 1 aromatic carbocycles. The van der Waals surface area contributed by atoms with Crippen molar-refractivity contribution in [1.82, 2.24) is 9.78 Å². The molecule has 0 bridgehead atoms. The lowest BCUT2D eigenvalue weighted by atomic mass is 9.81. The van der Waals surface area contributed by atoms with Gasteiger partial charge in [0.25, 0.3) is 0 Å². The molecule has 2 aromatic rings. The van der Waals surface area contributed by atoms with Crippen molar-refractivity contribution in [2.45, 2.75) is 44.1 Å². The number of rotatable bonds is 3. The van der Waals surface area contributed by atoms with E-state index in [4.69, 9.17) is 5.73 Å². The molecule has 0 spiro atoms. The van der Waals surface area contributed by atoms with E-state index < -0.39 is 0 Å². The highest BCUT2D eigenvalue weighted by atomic mass is 15.2. The number of benzene rings is 1. The summed E-state index contributed by atoms with van der Waals surface area (Å²) in [4.78, 5) is 0. The van der Waals surface area contributed by atoms with Crippen LogP contribution in [0.1, 0.15) is 42.4 Å². The average molecular weight is 269 g/mol. The monoisotopic (exact) mass is 269 g/mol. The van der Waals surface area contributed by atoms with Crippen molar-refractivity contribution in [2.24, 2.45) is 12.8 Å². The predicted octanol–water partition coefficient (Wildman–Crippen LogP) is 2.93. The highest BCUT2D eigenvalue weighted by Crippen LogP contribution is 2.35. The van der Waals surface area contributed by atoms with Gasteiger partial charge in [-0.1, -0.05) is 30.7 Å². The minimum absolute atomic E-state index is 0.178. The molecular formula is C17H23N3. The Morgan fingerprint density at radius 1 is 1.30 bits per heavy atom. The van der Waals surface area contributed by atoms with Gasteiger partial charge in [0.05, 0.1) is 6.20 Å². The highest BCUT2D eigenvalue weighted by Gasteiger charge is 2.30. The first-order valence-corrected chi connectivity index (χ1v) is 7.52. The van der Waals surface area contributed by atoms with E-state index in [1.807, 2.05) is 17.9 Å². The SMILES string of the molecule is Cn1cc(CCC2(N)CCCCc3ccccc32)cn1. The maximum absolute atomic E-state index is 6.80. The molecular weight excluding hydrogens is 246 g/mol. The van der Waals surface area contributed by atoms with E-state index in [2.05, 4.69) is 35.6 Å². The molecule has 0 amide bonds. The Kier molecular flexibility index (Phi) is 3.62. The molecule has 1 heterocycles. The van der Waals surface area contributed by atoms with Gasteiger partial charge in [-0.05, 0) is 48.8 Å². The Balaban J connectivity index is 1.83. The second-order valence-electron chi connectivity index (χ2n) is 6.04. The van der Waals surface area contributed by atoms with Gasteiger partial charge in [0.15, 0.2) is 0 Å². The Hall–Kier alpha value is -1.61. The molecule has 0 saturated heterocycles. The molecule has 20 heavy (non-hydrogen) atoms. The van der Waals surface area contributed by atoms with Crippen LogP contribution in [0.15, 0.2) is 36.7 Å². The largest absolute Gasteiger partial charge is 0.321 e. The van der Waals surface area contributed by atoms with Gasteiger partial charge in [-0.3, -0.25) is 4.68 Å². The molecule has 2 N–H and O–H groups in total. The van der Waals surface area contributed by atoms with E-state index >= 15 is 0 Å². The van der Waals surface area contributed by atoms with Crippen molar-refractivity contribution in [2.75, 3.05) is 0 Å². The van der Waals surface area contributed by atoms with Crippen LogP contribution in [-0.4, -0.2) is 9.78 Å².